The Bertz CT molecular complexity index is 845. The highest BCUT2D eigenvalue weighted by molar-refractivity contribution is 8.02. The number of nitrogens with one attached hydrogen (secondary N) is 1. The summed E-state index contributed by atoms with van der Waals surface area (Å²) in [6.45, 7) is 0.186. The number of nitrogen functional groups attached to an aromatic ring is 1. The average molecular weight is 386 g/mol. The molecule has 2 heterocycles. The molecule has 0 aliphatic carbocycles. The minimum Gasteiger partial charge on any atom is -0.398 e. The number of hydroxylamine groups is 1. The highest BCUT2D eigenvalue weighted by Gasteiger charge is 2.27. The van der Waals surface area contributed by atoms with Crippen molar-refractivity contribution in [3.63, 3.8) is 0 Å². The highest BCUT2D eigenvalue weighted by Crippen LogP contribution is 2.38. The Morgan fingerprint density at radius 1 is 1.33 bits per heavy atom. The topological polar surface area (TPSA) is 80.5 Å². The summed E-state index contributed by atoms with van der Waals surface area (Å²) in [5.41, 5.74) is 10.4. The van der Waals surface area contributed by atoms with Crippen LogP contribution in [-0.4, -0.2) is 22.5 Å². The smallest absolute Gasteiger partial charge is 0.346 e. The van der Waals surface area contributed by atoms with Gasteiger partial charge in [-0.05, 0) is 53.3 Å². The zero-order chi connectivity index (χ0) is 19.1. The summed E-state index contributed by atoms with van der Waals surface area (Å²) in [4.78, 5) is 23.0. The molecule has 0 spiro atoms. The Morgan fingerprint density at radius 2 is 2.15 bits per heavy atom. The van der Waals surface area contributed by atoms with Gasteiger partial charge in [-0.25, -0.2) is 14.7 Å². The van der Waals surface area contributed by atoms with E-state index in [4.69, 9.17) is 10.6 Å². The molecule has 0 saturated carbocycles. The minimum absolute atomic E-state index is 0.150. The van der Waals surface area contributed by atoms with Gasteiger partial charge >= 0.3 is 6.03 Å². The molecule has 1 aromatic carbocycles. The van der Waals surface area contributed by atoms with Crippen molar-refractivity contribution >= 4 is 23.5 Å². The molecule has 2 amide bonds. The summed E-state index contributed by atoms with van der Waals surface area (Å²) in [7, 11) is 0. The molecule has 1 aliphatic rings. The van der Waals surface area contributed by atoms with Crippen LogP contribution in [0.1, 0.15) is 16.5 Å². The third kappa shape index (κ3) is 5.08. The molecule has 1 unspecified atom stereocenters. The molecule has 1 aliphatic heterocycles. The highest BCUT2D eigenvalue weighted by atomic mass is 32.2. The number of anilines is 1. The van der Waals surface area contributed by atoms with E-state index in [0.29, 0.717) is 17.7 Å². The SMILES string of the molecule is Nc1ccc(F)cc1CC=CCONC(=O)N1C=CSC1c1ccncc1. The fraction of sp³-hybridized carbons (Fsp3) is 0.158. The van der Waals surface area contributed by atoms with Crippen molar-refractivity contribution in [3.05, 3.63) is 83.4 Å². The lowest BCUT2D eigenvalue weighted by Crippen LogP contribution is -2.36. The van der Waals surface area contributed by atoms with Crippen molar-refractivity contribution in [2.75, 3.05) is 12.3 Å². The summed E-state index contributed by atoms with van der Waals surface area (Å²) in [5.74, 6) is -0.323. The summed E-state index contributed by atoms with van der Waals surface area (Å²) in [6.07, 6.45) is 9.11. The van der Waals surface area contributed by atoms with Gasteiger partial charge in [0.05, 0.1) is 6.61 Å². The van der Waals surface area contributed by atoms with Gasteiger partial charge in [-0.3, -0.25) is 14.7 Å². The lowest BCUT2D eigenvalue weighted by atomic mass is 10.1. The predicted octanol–water partition coefficient (Wildman–Crippen LogP) is 3.76. The second-order valence-corrected chi connectivity index (χ2v) is 6.69. The summed E-state index contributed by atoms with van der Waals surface area (Å²) in [5, 5.41) is 1.71. The Labute approximate surface area is 160 Å². The van der Waals surface area contributed by atoms with Crippen molar-refractivity contribution < 1.29 is 14.0 Å². The van der Waals surface area contributed by atoms with Crippen LogP contribution in [-0.2, 0) is 11.3 Å². The molecule has 1 atom stereocenters. The van der Waals surface area contributed by atoms with Gasteiger partial charge in [0.1, 0.15) is 11.2 Å². The number of hydrogen-bond donors (Lipinski definition) is 2. The van der Waals surface area contributed by atoms with E-state index in [1.54, 1.807) is 29.6 Å². The summed E-state index contributed by atoms with van der Waals surface area (Å²) < 4.78 is 13.2. The first-order chi connectivity index (χ1) is 13.1. The maximum Gasteiger partial charge on any atom is 0.346 e. The largest absolute Gasteiger partial charge is 0.398 e. The number of pyridine rings is 1. The van der Waals surface area contributed by atoms with E-state index < -0.39 is 0 Å². The first-order valence-corrected chi connectivity index (χ1v) is 9.20. The molecule has 0 radical (unpaired) electrons. The number of urea groups is 1. The van der Waals surface area contributed by atoms with Crippen LogP contribution in [0.5, 0.6) is 0 Å². The van der Waals surface area contributed by atoms with Crippen LogP contribution in [0.2, 0.25) is 0 Å². The third-order valence-electron chi connectivity index (χ3n) is 3.86. The zero-order valence-corrected chi connectivity index (χ0v) is 15.2. The van der Waals surface area contributed by atoms with Crippen molar-refractivity contribution in [1.82, 2.24) is 15.4 Å². The monoisotopic (exact) mass is 386 g/mol. The number of allylic oxidation sites excluding steroid dienone is 1. The van der Waals surface area contributed by atoms with Gasteiger partial charge in [0.2, 0.25) is 0 Å². The van der Waals surface area contributed by atoms with Crippen LogP contribution in [0.4, 0.5) is 14.9 Å². The number of aromatic nitrogens is 1. The van der Waals surface area contributed by atoms with E-state index >= 15 is 0 Å². The maximum atomic E-state index is 13.2. The van der Waals surface area contributed by atoms with Gasteiger partial charge in [-0.15, -0.1) is 11.8 Å². The molecule has 27 heavy (non-hydrogen) atoms. The van der Waals surface area contributed by atoms with E-state index in [1.165, 1.54) is 30.0 Å². The quantitative estimate of drug-likeness (QED) is 0.342. The van der Waals surface area contributed by atoms with Gasteiger partial charge in [-0.1, -0.05) is 12.2 Å². The molecule has 1 aromatic heterocycles. The van der Waals surface area contributed by atoms with Crippen LogP contribution in [0.25, 0.3) is 0 Å². The van der Waals surface area contributed by atoms with E-state index in [0.717, 1.165) is 5.56 Å². The van der Waals surface area contributed by atoms with Crippen LogP contribution in [0.15, 0.2) is 66.5 Å². The number of rotatable bonds is 6. The first kappa shape index (κ1) is 18.9. The van der Waals surface area contributed by atoms with Gasteiger partial charge in [0, 0.05) is 24.3 Å². The van der Waals surface area contributed by atoms with Crippen LogP contribution >= 0.6 is 11.8 Å². The van der Waals surface area contributed by atoms with E-state index in [1.807, 2.05) is 23.6 Å². The standard InChI is InChI=1S/C19H19FN4O2S/c20-16-4-5-17(21)15(13-16)3-1-2-11-26-23-19(25)24-10-12-27-18(24)14-6-8-22-9-7-14/h1-2,4-10,12-13,18H,3,11,21H2,(H,23,25). The summed E-state index contributed by atoms with van der Waals surface area (Å²) >= 11 is 1.52. The maximum absolute atomic E-state index is 13.2. The second-order valence-electron chi connectivity index (χ2n) is 5.70. The first-order valence-electron chi connectivity index (χ1n) is 8.26. The average Bonchev–Trinajstić information content (AvgIpc) is 3.17. The van der Waals surface area contributed by atoms with Gasteiger partial charge in [0.25, 0.3) is 0 Å². The number of carbonyl (C=O) groups is 1. The molecule has 0 saturated heterocycles. The fourth-order valence-corrected chi connectivity index (χ4v) is 3.46. The number of nitrogens with zero attached hydrogens (tertiary/aromatic N) is 2. The number of halogens is 1. The molecule has 140 valence electrons. The van der Waals surface area contributed by atoms with Gasteiger partial charge < -0.3 is 5.73 Å². The molecule has 0 fully saturated rings. The van der Waals surface area contributed by atoms with Crippen molar-refractivity contribution in [3.8, 4) is 0 Å². The molecule has 2 aromatic rings. The minimum atomic E-state index is -0.360. The fourth-order valence-electron chi connectivity index (χ4n) is 2.49. The van der Waals surface area contributed by atoms with Crippen molar-refractivity contribution in [1.29, 1.82) is 0 Å². The van der Waals surface area contributed by atoms with Crippen LogP contribution in [0, 0.1) is 5.82 Å². The Kier molecular flexibility index (Phi) is 6.45. The molecular weight excluding hydrogens is 367 g/mol. The number of hydrogen-bond acceptors (Lipinski definition) is 5. The molecular formula is C19H19FN4O2S. The normalized spacial score (nSPS) is 16.2. The van der Waals surface area contributed by atoms with E-state index in [9.17, 15) is 9.18 Å². The van der Waals surface area contributed by atoms with Gasteiger partial charge in [0.15, 0.2) is 0 Å². The van der Waals surface area contributed by atoms with Crippen LogP contribution < -0.4 is 11.2 Å². The lowest BCUT2D eigenvalue weighted by Gasteiger charge is -2.22. The van der Waals surface area contributed by atoms with E-state index in [2.05, 4.69) is 10.5 Å². The number of thioether (sulfide) groups is 1. The molecule has 3 rings (SSSR count). The lowest BCUT2D eigenvalue weighted by molar-refractivity contribution is 0.0698. The Hall–Kier alpha value is -2.84. The summed E-state index contributed by atoms with van der Waals surface area (Å²) in [6, 6.07) is 7.64. The zero-order valence-electron chi connectivity index (χ0n) is 14.4. The molecule has 0 bridgehead atoms. The van der Waals surface area contributed by atoms with Gasteiger partial charge in [-0.2, -0.15) is 0 Å². The number of carbonyl (C=O) groups excluding carboxylic acids is 1. The Balaban J connectivity index is 1.44. The van der Waals surface area contributed by atoms with Crippen molar-refractivity contribution in [2.24, 2.45) is 0 Å². The van der Waals surface area contributed by atoms with Crippen molar-refractivity contribution in [2.45, 2.75) is 11.8 Å². The number of amides is 2. The Morgan fingerprint density at radius 3 is 2.96 bits per heavy atom. The number of nitrogens with two attached hydrogens (primary N) is 1. The van der Waals surface area contributed by atoms with E-state index in [-0.39, 0.29) is 23.8 Å². The molecule has 6 nitrogen and oxygen atoms in total. The third-order valence-corrected chi connectivity index (χ3v) is 4.89. The molecule has 3 N–H and O–H groups in total. The number of benzene rings is 1. The van der Waals surface area contributed by atoms with Crippen LogP contribution in [0.3, 0.4) is 0 Å². The predicted molar refractivity (Wildman–Crippen MR) is 104 cm³/mol. The second kappa shape index (κ2) is 9.20. The molecule has 8 heteroatoms.